The average Bonchev–Trinajstić information content (AvgIpc) is 1.64. The molecule has 44 nitrogen and oxygen atoms in total. The smallest absolute Gasteiger partial charge is 0.549 e. The number of carboxylic acid groups (broad SMARTS) is 3. The Morgan fingerprint density at radius 1 is 0.500 bits per heavy atom. The van der Waals surface area contributed by atoms with E-state index in [0.29, 0.717) is 27.9 Å². The van der Waals surface area contributed by atoms with Crippen LogP contribution in [0.15, 0.2) is 55.5 Å². The number of amides is 13. The van der Waals surface area contributed by atoms with Gasteiger partial charge in [-0.25, -0.2) is 9.97 Å². The van der Waals surface area contributed by atoms with Crippen molar-refractivity contribution in [1.82, 2.24) is 108 Å². The van der Waals surface area contributed by atoms with Crippen molar-refractivity contribution in [2.24, 2.45) is 29.0 Å². The number of imidazole rings is 2. The Bertz CT molecular complexity index is 4010. The molecule has 1 saturated heterocycles. The second-order valence-corrected chi connectivity index (χ2v) is 29.8. The molecule has 22 N–H and O–H groups in total. The number of guanidine groups is 1. The first kappa shape index (κ1) is 99.4. The Labute approximate surface area is 703 Å². The van der Waals surface area contributed by atoms with Crippen LogP contribution in [0.25, 0.3) is 10.9 Å². The maximum atomic E-state index is 14.8. The Kier molecular flexibility index (Phi) is 43.2. The fourth-order valence-electron chi connectivity index (χ4n) is 12.4. The zero-order valence-corrected chi connectivity index (χ0v) is 70.8. The summed E-state index contributed by atoms with van der Waals surface area (Å²) in [6.45, 7) is 4.55. The Morgan fingerprint density at radius 3 is 1.42 bits per heavy atom. The molecule has 13 amide bonds. The maximum Gasteiger partial charge on any atom is 3.00 e. The molecule has 0 bridgehead atoms. The van der Waals surface area contributed by atoms with E-state index >= 15 is 0 Å². The summed E-state index contributed by atoms with van der Waals surface area (Å²) in [5.41, 5.74) is 18.4. The molecule has 0 aliphatic carbocycles. The van der Waals surface area contributed by atoms with Gasteiger partial charge in [-0.1, -0.05) is 45.9 Å². The van der Waals surface area contributed by atoms with Crippen molar-refractivity contribution in [3.63, 3.8) is 0 Å². The summed E-state index contributed by atoms with van der Waals surface area (Å²) >= 11 is 1.44. The normalized spacial score (nSPS) is 15.4. The van der Waals surface area contributed by atoms with Crippen LogP contribution in [0.4, 0.5) is 0 Å². The van der Waals surface area contributed by atoms with E-state index in [4.69, 9.17) is 22.6 Å². The molecule has 4 heterocycles. The fourth-order valence-corrected chi connectivity index (χ4v) is 12.8. The molecule has 644 valence electrons. The number of nitrogens with one attached hydrogen (secondary N) is 16. The summed E-state index contributed by atoms with van der Waals surface area (Å²) in [6, 6.07) is -5.82. The predicted molar refractivity (Wildman–Crippen MR) is 422 cm³/mol. The molecule has 118 heavy (non-hydrogen) atoms. The zero-order valence-electron chi connectivity index (χ0n) is 66.7. The number of carboxylic acids is 3. The van der Waals surface area contributed by atoms with Crippen molar-refractivity contribution in [2.45, 2.75) is 140 Å². The molecule has 0 unspecified atom stereocenters. The third-order valence-electron chi connectivity index (χ3n) is 18.5. The molecular formula is C72H108InN25O19S. The third-order valence-corrected chi connectivity index (χ3v) is 19.1. The first-order chi connectivity index (χ1) is 55.5. The summed E-state index contributed by atoms with van der Waals surface area (Å²) in [5, 5.41) is 73.8. The van der Waals surface area contributed by atoms with Gasteiger partial charge in [0, 0.05) is 139 Å². The second kappa shape index (κ2) is 51.3. The van der Waals surface area contributed by atoms with Gasteiger partial charge in [-0.05, 0) is 68.1 Å². The first-order valence-corrected chi connectivity index (χ1v) is 39.3. The summed E-state index contributed by atoms with van der Waals surface area (Å²) in [7, 11) is 0. The molecule has 0 spiro atoms. The number of nitrogens with zero attached hydrogens (tertiary/aromatic N) is 6. The number of hydrogen-bond donors (Lipinski definition) is 19. The van der Waals surface area contributed by atoms with Crippen LogP contribution in [-0.2, 0) is 96.0 Å². The molecule has 0 radical (unpaired) electrons. The maximum absolute atomic E-state index is 14.8. The molecule has 1 aromatic carbocycles. The number of carbonyl (C=O) groups is 16. The molecule has 9 atom stereocenters. The number of fused-ring (bicyclic) bond motifs is 1. The van der Waals surface area contributed by atoms with E-state index in [1.54, 1.807) is 49.2 Å². The van der Waals surface area contributed by atoms with Crippen LogP contribution in [0, 0.1) is 17.2 Å². The number of hydrogen-bond acceptors (Lipinski definition) is 27. The van der Waals surface area contributed by atoms with Crippen LogP contribution >= 0.6 is 11.8 Å². The molecule has 1 fully saturated rings. The van der Waals surface area contributed by atoms with Crippen LogP contribution in [0.2, 0.25) is 0 Å². The molecule has 0 saturated carbocycles. The fraction of sp³-hybridized carbons (Fsp3) is 0.569. The Hall–Kier alpha value is -11.0. The number of nitrogens with two attached hydrogens (primary N) is 3. The van der Waals surface area contributed by atoms with Crippen molar-refractivity contribution in [1.29, 1.82) is 5.41 Å². The van der Waals surface area contributed by atoms with E-state index in [2.05, 4.69) is 88.7 Å². The van der Waals surface area contributed by atoms with Crippen molar-refractivity contribution in [3.05, 3.63) is 72.5 Å². The van der Waals surface area contributed by atoms with Gasteiger partial charge in [-0.15, -0.1) is 0 Å². The van der Waals surface area contributed by atoms with E-state index in [1.165, 1.54) is 58.4 Å². The molecule has 1 aliphatic heterocycles. The van der Waals surface area contributed by atoms with Gasteiger partial charge < -0.3 is 126 Å². The van der Waals surface area contributed by atoms with Gasteiger partial charge in [0.15, 0.2) is 5.96 Å². The number of H-pyrrole nitrogens is 3. The predicted octanol–water partition coefficient (Wildman–Crippen LogP) is -11.6. The van der Waals surface area contributed by atoms with Crippen molar-refractivity contribution in [2.75, 3.05) is 110 Å². The summed E-state index contributed by atoms with van der Waals surface area (Å²) in [5.74, 6) is -16.9. The van der Waals surface area contributed by atoms with Gasteiger partial charge >= 0.3 is 25.8 Å². The van der Waals surface area contributed by atoms with Gasteiger partial charge in [0.05, 0.1) is 56.6 Å². The average molecular weight is 1770 g/mol. The van der Waals surface area contributed by atoms with Gasteiger partial charge in [-0.3, -0.25) is 87.3 Å². The van der Waals surface area contributed by atoms with Crippen molar-refractivity contribution in [3.8, 4) is 0 Å². The van der Waals surface area contributed by atoms with Crippen LogP contribution in [-0.4, -0.2) is 336 Å². The number of aromatic nitrogens is 5. The van der Waals surface area contributed by atoms with E-state index in [9.17, 15) is 92.0 Å². The standard InChI is InChI=1S/C72H111N25O19S.In/c1-40(2)24-50(67(112)89-48(63(74)108)13-23-117-6)90-68(113)52(26-44-30-77-38-83-44)87-57(100)33-82-71(116)62(41(3)4)93-64(109)42(5)85-66(111)51(25-43-29-80-47-11-8-7-10-46(43)47)91-69(114)53(27-45-31-78-39-84-45)92-70(115)54(28-55(73)98)88-56(99)32-81-65(110)49(12-9-14-79-72(75)76)86-58(101)34-94-15-17-95(35-59(102)103)19-21-97(37-61(106)107)22-20-96(18-16-94)36-60(104)105;/h7-8,10-11,29-31,38-42,48-54,62,80H,9,12-28,32-37H2,1-6H3,(H2,73,98)(H2,74,108)(H,77,83)(H,78,84)(H,81,110)(H,82,116)(H,85,111)(H,86,101)(H,87,100)(H,88,99)(H,89,112)(H,90,113)(H,91,114)(H,92,115)(H,93,109)(H,102,103)(H,104,105)(H,106,107)(H4,75,76,79);/q;+3/p-3/t42-,48-,49-,50-,51-,52-,53-,54-,62-;/m0./s1/i;1-4. The molecular weight excluding hydrogens is 1660 g/mol. The minimum Gasteiger partial charge on any atom is -0.549 e. The largest absolute Gasteiger partial charge is 3.00 e. The molecule has 1 aliphatic rings. The number of aliphatic carboxylic acids is 3. The van der Waals surface area contributed by atoms with Crippen molar-refractivity contribution < 1.29 is 92.0 Å². The van der Waals surface area contributed by atoms with Crippen LogP contribution in [0.5, 0.6) is 0 Å². The van der Waals surface area contributed by atoms with E-state index in [1.807, 2.05) is 20.1 Å². The molecule has 3 aromatic heterocycles. The number of benzene rings is 1. The number of thioether (sulfide) groups is 1. The zero-order chi connectivity index (χ0) is 86.4. The van der Waals surface area contributed by atoms with Crippen LogP contribution in [0.3, 0.4) is 0 Å². The van der Waals surface area contributed by atoms with E-state index in [-0.39, 0.29) is 141 Å². The number of para-hydroxylation sites is 1. The third kappa shape index (κ3) is 36.7. The van der Waals surface area contributed by atoms with Crippen LogP contribution < -0.4 is 96.3 Å². The summed E-state index contributed by atoms with van der Waals surface area (Å²) in [6.07, 6.45) is 7.47. The quantitative estimate of drug-likeness (QED) is 0.0111. The van der Waals surface area contributed by atoms with E-state index in [0.717, 1.165) is 0 Å². The summed E-state index contributed by atoms with van der Waals surface area (Å²) in [4.78, 5) is 238. The molecule has 5 rings (SSSR count). The number of primary amides is 2. The molecule has 46 heteroatoms. The number of aromatic amines is 3. The van der Waals surface area contributed by atoms with Crippen LogP contribution in [0.1, 0.15) is 83.7 Å². The van der Waals surface area contributed by atoms with Gasteiger partial charge in [0.1, 0.15) is 54.4 Å². The Morgan fingerprint density at radius 2 is 0.949 bits per heavy atom. The summed E-state index contributed by atoms with van der Waals surface area (Å²) < 4.78 is 0. The van der Waals surface area contributed by atoms with Gasteiger partial charge in [0.25, 0.3) is 0 Å². The Balaban J connectivity index is 0.0000293. The SMILES string of the molecule is CSCC[C@H](NC(=O)[C@H](CC(C)C)NC(=O)[C@H](Cc1cnc[nH]1)NC(=O)CNC(=O)[C@@H](NC(=O)[C@H](C)NC(=O)[C@H](Cc1c[nH]c2ccccc12)NC(=O)[C@H](Cc1cnc[nH]1)NC(=O)[C@H](CC(N)=O)NC(=O)CNC(=O)[C@H](CCCNC(=N)N)NC(=O)CN1CCN(CC(=O)[O-])CCN(CC(=O)[O-])CCN(CC(=O)[O-])CC1)C(C)C)C(N)=O.[111In+3]. The molecule has 4 aromatic rings. The second-order valence-electron chi connectivity index (χ2n) is 28.8. The first-order valence-electron chi connectivity index (χ1n) is 37.9. The number of carbonyl (C=O) groups excluding carboxylic acids is 16. The van der Waals surface area contributed by atoms with E-state index < -0.39 is 207 Å². The number of rotatable bonds is 48. The van der Waals surface area contributed by atoms with Gasteiger partial charge in [-0.2, -0.15) is 11.8 Å². The topological polar surface area (TPSA) is 675 Å². The van der Waals surface area contributed by atoms with Crippen molar-refractivity contribution >= 4 is 149 Å². The van der Waals surface area contributed by atoms with Gasteiger partial charge in [0.2, 0.25) is 76.8 Å². The minimum atomic E-state index is -1.85. The minimum absolute atomic E-state index is 0. The monoisotopic (exact) mass is 1770 g/mol.